The average Bonchev–Trinajstić information content (AvgIpc) is 3.03. The molecule has 2 N–H and O–H groups in total. The Bertz CT molecular complexity index is 861. The van der Waals surface area contributed by atoms with Gasteiger partial charge in [0.1, 0.15) is 0 Å². The third-order valence-electron chi connectivity index (χ3n) is 4.16. The van der Waals surface area contributed by atoms with Crippen LogP contribution in [0.5, 0.6) is 0 Å². The van der Waals surface area contributed by atoms with E-state index >= 15 is 0 Å². The van der Waals surface area contributed by atoms with Crippen molar-refractivity contribution in [3.63, 3.8) is 0 Å². The van der Waals surface area contributed by atoms with E-state index in [9.17, 15) is 9.90 Å². The zero-order valence-electron chi connectivity index (χ0n) is 11.7. The fraction of sp³-hybridized carbons (Fsp3) is 0.357. The quantitative estimate of drug-likeness (QED) is 0.731. The first-order chi connectivity index (χ1) is 10.7. The van der Waals surface area contributed by atoms with Crippen molar-refractivity contribution in [3.05, 3.63) is 18.5 Å². The van der Waals surface area contributed by atoms with Gasteiger partial charge in [-0.3, -0.25) is 4.79 Å². The van der Waals surface area contributed by atoms with Crippen LogP contribution in [0.15, 0.2) is 18.5 Å². The van der Waals surface area contributed by atoms with Crippen molar-refractivity contribution >= 4 is 33.7 Å². The van der Waals surface area contributed by atoms with Gasteiger partial charge in [-0.25, -0.2) is 0 Å². The summed E-state index contributed by atoms with van der Waals surface area (Å²) in [6, 6.07) is 1.93. The minimum atomic E-state index is -0.748. The third-order valence-corrected chi connectivity index (χ3v) is 4.16. The monoisotopic (exact) mass is 298 g/mol. The molecule has 1 aliphatic heterocycles. The normalized spacial score (nSPS) is 18.9. The lowest BCUT2D eigenvalue weighted by atomic mass is 9.97. The fourth-order valence-corrected chi connectivity index (χ4v) is 3.08. The van der Waals surface area contributed by atoms with Crippen LogP contribution in [0.4, 0.5) is 5.69 Å². The Labute approximate surface area is 125 Å². The Balaban J connectivity index is 1.87. The van der Waals surface area contributed by atoms with Gasteiger partial charge in [0.05, 0.1) is 23.2 Å². The summed E-state index contributed by atoms with van der Waals surface area (Å²) in [7, 11) is 0. The summed E-state index contributed by atoms with van der Waals surface area (Å²) in [6.07, 6.45) is 5.04. The van der Waals surface area contributed by atoms with Gasteiger partial charge in [-0.15, -0.1) is 15.3 Å². The molecule has 0 spiro atoms. The molecule has 3 aromatic heterocycles. The molecule has 4 heterocycles. The summed E-state index contributed by atoms with van der Waals surface area (Å²) in [6.45, 7) is 1.28. The lowest BCUT2D eigenvalue weighted by Gasteiger charge is -2.32. The second-order valence-electron chi connectivity index (χ2n) is 5.49. The fourth-order valence-electron chi connectivity index (χ4n) is 3.08. The van der Waals surface area contributed by atoms with Crippen LogP contribution in [0.3, 0.4) is 0 Å². The van der Waals surface area contributed by atoms with Crippen molar-refractivity contribution < 1.29 is 9.90 Å². The van der Waals surface area contributed by atoms with Gasteiger partial charge < -0.3 is 15.0 Å². The van der Waals surface area contributed by atoms with E-state index in [0.29, 0.717) is 24.3 Å². The van der Waals surface area contributed by atoms with Crippen molar-refractivity contribution in [1.82, 2.24) is 25.4 Å². The molecule has 22 heavy (non-hydrogen) atoms. The average molecular weight is 298 g/mol. The van der Waals surface area contributed by atoms with E-state index < -0.39 is 5.97 Å². The zero-order valence-corrected chi connectivity index (χ0v) is 11.7. The second-order valence-corrected chi connectivity index (χ2v) is 5.49. The molecular weight excluding hydrogens is 284 g/mol. The van der Waals surface area contributed by atoms with Crippen LogP contribution in [0, 0.1) is 5.92 Å². The molecule has 1 fully saturated rings. The first-order valence-corrected chi connectivity index (χ1v) is 7.17. The molecule has 112 valence electrons. The number of carboxylic acids is 1. The number of anilines is 1. The molecule has 3 aromatic rings. The van der Waals surface area contributed by atoms with Crippen LogP contribution in [-0.4, -0.2) is 49.5 Å². The van der Waals surface area contributed by atoms with Gasteiger partial charge in [0.2, 0.25) is 5.65 Å². The molecule has 1 aliphatic rings. The SMILES string of the molecule is O=C(O)C1CCCN(c2cnnc3nnc4[nH]ccc4c23)C1. The van der Waals surface area contributed by atoms with Gasteiger partial charge in [-0.2, -0.15) is 5.10 Å². The summed E-state index contributed by atoms with van der Waals surface area (Å²) in [4.78, 5) is 16.4. The molecule has 0 radical (unpaired) electrons. The maximum atomic E-state index is 11.3. The van der Waals surface area contributed by atoms with Crippen molar-refractivity contribution in [3.8, 4) is 0 Å². The number of fused-ring (bicyclic) bond motifs is 3. The van der Waals surface area contributed by atoms with E-state index in [1.807, 2.05) is 6.07 Å². The van der Waals surface area contributed by atoms with E-state index in [1.54, 1.807) is 12.4 Å². The molecule has 8 heteroatoms. The molecule has 0 aliphatic carbocycles. The largest absolute Gasteiger partial charge is 0.481 e. The lowest BCUT2D eigenvalue weighted by molar-refractivity contribution is -0.141. The minimum Gasteiger partial charge on any atom is -0.481 e. The van der Waals surface area contributed by atoms with Crippen LogP contribution in [0.2, 0.25) is 0 Å². The molecule has 0 bridgehead atoms. The number of hydrogen-bond acceptors (Lipinski definition) is 6. The molecule has 1 unspecified atom stereocenters. The highest BCUT2D eigenvalue weighted by Crippen LogP contribution is 2.31. The van der Waals surface area contributed by atoms with E-state index in [2.05, 4.69) is 30.3 Å². The summed E-state index contributed by atoms with van der Waals surface area (Å²) >= 11 is 0. The first kappa shape index (κ1) is 12.9. The number of hydrogen-bond donors (Lipinski definition) is 2. The molecule has 4 rings (SSSR count). The highest BCUT2D eigenvalue weighted by molar-refractivity contribution is 6.08. The lowest BCUT2D eigenvalue weighted by Crippen LogP contribution is -2.38. The smallest absolute Gasteiger partial charge is 0.308 e. The van der Waals surface area contributed by atoms with Crippen LogP contribution in [0.25, 0.3) is 22.1 Å². The highest BCUT2D eigenvalue weighted by atomic mass is 16.4. The van der Waals surface area contributed by atoms with Crippen molar-refractivity contribution in [2.45, 2.75) is 12.8 Å². The predicted molar refractivity (Wildman–Crippen MR) is 79.6 cm³/mol. The van der Waals surface area contributed by atoms with Gasteiger partial charge in [0.25, 0.3) is 0 Å². The number of carboxylic acid groups (broad SMARTS) is 1. The van der Waals surface area contributed by atoms with Crippen LogP contribution in [0.1, 0.15) is 12.8 Å². The molecule has 0 saturated carbocycles. The number of rotatable bonds is 2. The maximum absolute atomic E-state index is 11.3. The number of nitrogens with zero attached hydrogens (tertiary/aromatic N) is 5. The van der Waals surface area contributed by atoms with Crippen molar-refractivity contribution in [2.75, 3.05) is 18.0 Å². The molecule has 1 saturated heterocycles. The Hall–Kier alpha value is -2.77. The number of nitrogens with one attached hydrogen (secondary N) is 1. The second kappa shape index (κ2) is 4.90. The van der Waals surface area contributed by atoms with E-state index in [4.69, 9.17) is 0 Å². The Kier molecular flexibility index (Phi) is 2.88. The topological polar surface area (TPSA) is 108 Å². The summed E-state index contributed by atoms with van der Waals surface area (Å²) in [5, 5.41) is 27.3. The number of carbonyl (C=O) groups is 1. The maximum Gasteiger partial charge on any atom is 0.308 e. The van der Waals surface area contributed by atoms with E-state index in [-0.39, 0.29) is 5.92 Å². The van der Waals surface area contributed by atoms with Gasteiger partial charge >= 0.3 is 5.97 Å². The molecule has 0 amide bonds. The predicted octanol–water partition coefficient (Wildman–Crippen LogP) is 1.20. The van der Waals surface area contributed by atoms with Gasteiger partial charge in [-0.1, -0.05) is 0 Å². The summed E-state index contributed by atoms with van der Waals surface area (Å²) < 4.78 is 0. The summed E-state index contributed by atoms with van der Waals surface area (Å²) in [5.74, 6) is -1.10. The van der Waals surface area contributed by atoms with Crippen molar-refractivity contribution in [1.29, 1.82) is 0 Å². The first-order valence-electron chi connectivity index (χ1n) is 7.17. The minimum absolute atomic E-state index is 0.353. The standard InChI is InChI=1S/C14H14N6O2/c21-14(22)8-2-1-5-20(7-8)10-6-16-17-13-11(10)9-3-4-15-12(9)18-19-13/h3-4,6,8H,1-2,5,7H2,(H,15,18)(H,21,22). The number of H-pyrrole nitrogens is 1. The van der Waals surface area contributed by atoms with Crippen molar-refractivity contribution in [2.24, 2.45) is 5.92 Å². The Morgan fingerprint density at radius 1 is 1.36 bits per heavy atom. The number of aromatic amines is 1. The van der Waals surface area contributed by atoms with Crippen LogP contribution < -0.4 is 4.90 Å². The molecule has 1 atom stereocenters. The number of aliphatic carboxylic acids is 1. The molecule has 8 nitrogen and oxygen atoms in total. The molecule has 0 aromatic carbocycles. The van der Waals surface area contributed by atoms with E-state index in [0.717, 1.165) is 29.4 Å². The Morgan fingerprint density at radius 2 is 2.27 bits per heavy atom. The number of piperidine rings is 1. The third kappa shape index (κ3) is 1.95. The summed E-state index contributed by atoms with van der Waals surface area (Å²) in [5.41, 5.74) is 2.03. The highest BCUT2D eigenvalue weighted by Gasteiger charge is 2.27. The number of aromatic nitrogens is 5. The van der Waals surface area contributed by atoms with E-state index in [1.165, 1.54) is 0 Å². The van der Waals surface area contributed by atoms with Gasteiger partial charge in [0.15, 0.2) is 5.65 Å². The van der Waals surface area contributed by atoms with Crippen LogP contribution in [-0.2, 0) is 4.79 Å². The Morgan fingerprint density at radius 3 is 3.14 bits per heavy atom. The molecular formula is C14H14N6O2. The zero-order chi connectivity index (χ0) is 15.1. The van der Waals surface area contributed by atoms with Gasteiger partial charge in [0, 0.05) is 24.7 Å². The van der Waals surface area contributed by atoms with Crippen LogP contribution >= 0.6 is 0 Å². The van der Waals surface area contributed by atoms with Gasteiger partial charge in [-0.05, 0) is 18.9 Å².